The van der Waals surface area contributed by atoms with Crippen LogP contribution in [0.4, 0.5) is 0 Å². The first-order chi connectivity index (χ1) is 13.2. The van der Waals surface area contributed by atoms with E-state index in [1.807, 2.05) is 42.5 Å². The van der Waals surface area contributed by atoms with Gasteiger partial charge >= 0.3 is 0 Å². The SMILES string of the molecule is CCCOc1ccc(/C=C/C(=O)NCc2nc3ccccc3s2)cc1OC. The van der Waals surface area contributed by atoms with Gasteiger partial charge in [-0.05, 0) is 42.3 Å². The monoisotopic (exact) mass is 382 g/mol. The van der Waals surface area contributed by atoms with Crippen LogP contribution >= 0.6 is 11.3 Å². The normalized spacial score (nSPS) is 11.0. The van der Waals surface area contributed by atoms with E-state index in [0.29, 0.717) is 24.7 Å². The summed E-state index contributed by atoms with van der Waals surface area (Å²) in [6.07, 6.45) is 4.19. The van der Waals surface area contributed by atoms with Gasteiger partial charge in [0, 0.05) is 6.08 Å². The van der Waals surface area contributed by atoms with Crippen LogP contribution in [0.1, 0.15) is 23.9 Å². The lowest BCUT2D eigenvalue weighted by Crippen LogP contribution is -2.20. The fourth-order valence-corrected chi connectivity index (χ4v) is 3.42. The number of aromatic nitrogens is 1. The van der Waals surface area contributed by atoms with Crippen LogP contribution in [0, 0.1) is 0 Å². The number of rotatable bonds is 8. The molecule has 140 valence electrons. The fourth-order valence-electron chi connectivity index (χ4n) is 2.51. The first kappa shape index (κ1) is 18.9. The highest BCUT2D eigenvalue weighted by Gasteiger charge is 2.06. The van der Waals surface area contributed by atoms with Crippen LogP contribution in [0.5, 0.6) is 11.5 Å². The second-order valence-corrected chi connectivity index (χ2v) is 7.00. The zero-order valence-electron chi connectivity index (χ0n) is 15.4. The number of hydrogen-bond donors (Lipinski definition) is 1. The average Bonchev–Trinajstić information content (AvgIpc) is 3.12. The maximum Gasteiger partial charge on any atom is 0.244 e. The van der Waals surface area contributed by atoms with Crippen LogP contribution in [-0.2, 0) is 11.3 Å². The number of fused-ring (bicyclic) bond motifs is 1. The Morgan fingerprint density at radius 3 is 2.85 bits per heavy atom. The van der Waals surface area contributed by atoms with E-state index in [-0.39, 0.29) is 5.91 Å². The molecule has 5 nitrogen and oxygen atoms in total. The van der Waals surface area contributed by atoms with Crippen molar-refractivity contribution in [3.05, 3.63) is 59.1 Å². The number of thiazole rings is 1. The maximum absolute atomic E-state index is 12.1. The highest BCUT2D eigenvalue weighted by Crippen LogP contribution is 2.28. The van der Waals surface area contributed by atoms with Crippen LogP contribution < -0.4 is 14.8 Å². The summed E-state index contributed by atoms with van der Waals surface area (Å²) in [5, 5.41) is 3.75. The van der Waals surface area contributed by atoms with E-state index in [4.69, 9.17) is 9.47 Å². The molecule has 1 aromatic heterocycles. The summed E-state index contributed by atoms with van der Waals surface area (Å²) in [6.45, 7) is 3.10. The van der Waals surface area contributed by atoms with E-state index < -0.39 is 0 Å². The Morgan fingerprint density at radius 1 is 1.22 bits per heavy atom. The van der Waals surface area contributed by atoms with Gasteiger partial charge in [-0.2, -0.15) is 0 Å². The summed E-state index contributed by atoms with van der Waals surface area (Å²) in [5.74, 6) is 1.19. The summed E-state index contributed by atoms with van der Waals surface area (Å²) >= 11 is 1.59. The van der Waals surface area contributed by atoms with Gasteiger partial charge < -0.3 is 14.8 Å². The van der Waals surface area contributed by atoms with Gasteiger partial charge in [-0.25, -0.2) is 4.98 Å². The molecule has 0 spiro atoms. The number of benzene rings is 2. The first-order valence-electron chi connectivity index (χ1n) is 8.81. The third-order valence-electron chi connectivity index (χ3n) is 3.83. The van der Waals surface area contributed by atoms with Gasteiger partial charge in [0.1, 0.15) is 5.01 Å². The fraction of sp³-hybridized carbons (Fsp3) is 0.238. The zero-order valence-corrected chi connectivity index (χ0v) is 16.2. The molecule has 27 heavy (non-hydrogen) atoms. The second kappa shape index (κ2) is 9.19. The van der Waals surface area contributed by atoms with Crippen LogP contribution in [-0.4, -0.2) is 24.6 Å². The summed E-state index contributed by atoms with van der Waals surface area (Å²) in [4.78, 5) is 16.6. The first-order valence-corrected chi connectivity index (χ1v) is 9.62. The molecule has 0 saturated heterocycles. The average molecular weight is 382 g/mol. The number of methoxy groups -OCH3 is 1. The third kappa shape index (κ3) is 5.08. The van der Waals surface area contributed by atoms with E-state index in [1.165, 1.54) is 6.08 Å². The smallest absolute Gasteiger partial charge is 0.244 e. The topological polar surface area (TPSA) is 60.5 Å². The number of carbonyl (C=O) groups is 1. The molecule has 0 unspecified atom stereocenters. The number of carbonyl (C=O) groups excluding carboxylic acids is 1. The largest absolute Gasteiger partial charge is 0.493 e. The Morgan fingerprint density at radius 2 is 2.07 bits per heavy atom. The second-order valence-electron chi connectivity index (χ2n) is 5.89. The molecular weight excluding hydrogens is 360 g/mol. The van der Waals surface area contributed by atoms with Gasteiger partial charge in [0.05, 0.1) is 30.5 Å². The van der Waals surface area contributed by atoms with E-state index in [9.17, 15) is 4.79 Å². The van der Waals surface area contributed by atoms with Crippen molar-refractivity contribution < 1.29 is 14.3 Å². The summed E-state index contributed by atoms with van der Waals surface area (Å²) < 4.78 is 12.1. The molecule has 1 N–H and O–H groups in total. The Balaban J connectivity index is 1.59. The zero-order chi connectivity index (χ0) is 19.1. The van der Waals surface area contributed by atoms with Crippen molar-refractivity contribution in [1.29, 1.82) is 0 Å². The van der Waals surface area contributed by atoms with E-state index in [1.54, 1.807) is 24.5 Å². The molecule has 0 bridgehead atoms. The standard InChI is InChI=1S/C21H22N2O3S/c1-3-12-26-17-10-8-15(13-18(17)25-2)9-11-20(24)22-14-21-23-16-6-4-5-7-19(16)27-21/h4-11,13H,3,12,14H2,1-2H3,(H,22,24)/b11-9+. The van der Waals surface area contributed by atoms with Crippen molar-refractivity contribution >= 4 is 33.5 Å². The predicted molar refractivity (Wildman–Crippen MR) is 109 cm³/mol. The third-order valence-corrected chi connectivity index (χ3v) is 4.86. The van der Waals surface area contributed by atoms with E-state index in [0.717, 1.165) is 27.2 Å². The molecule has 0 aliphatic rings. The number of ether oxygens (including phenoxy) is 2. The molecule has 1 heterocycles. The molecule has 6 heteroatoms. The lowest BCUT2D eigenvalue weighted by molar-refractivity contribution is -0.116. The molecular formula is C21H22N2O3S. The van der Waals surface area contributed by atoms with Gasteiger partial charge in [-0.1, -0.05) is 25.1 Å². The van der Waals surface area contributed by atoms with E-state index in [2.05, 4.69) is 17.2 Å². The molecule has 0 atom stereocenters. The molecule has 0 aliphatic carbocycles. The molecule has 0 saturated carbocycles. The van der Waals surface area contributed by atoms with Crippen molar-refractivity contribution in [2.45, 2.75) is 19.9 Å². The Hall–Kier alpha value is -2.86. The van der Waals surface area contributed by atoms with Gasteiger partial charge in [-0.3, -0.25) is 4.79 Å². The number of hydrogen-bond acceptors (Lipinski definition) is 5. The predicted octanol–water partition coefficient (Wildman–Crippen LogP) is 4.42. The maximum atomic E-state index is 12.1. The Kier molecular flexibility index (Phi) is 6.44. The molecule has 1 amide bonds. The number of amides is 1. The molecule has 0 aliphatic heterocycles. The lowest BCUT2D eigenvalue weighted by Gasteiger charge is -2.10. The van der Waals surface area contributed by atoms with E-state index >= 15 is 0 Å². The van der Waals surface area contributed by atoms with Gasteiger partial charge in [0.2, 0.25) is 5.91 Å². The molecule has 0 radical (unpaired) electrons. The minimum atomic E-state index is -0.167. The Bertz CT molecular complexity index is 917. The number of para-hydroxylation sites is 1. The minimum absolute atomic E-state index is 0.167. The quantitative estimate of drug-likeness (QED) is 0.586. The van der Waals surface area contributed by atoms with Crippen LogP contribution in [0.2, 0.25) is 0 Å². The van der Waals surface area contributed by atoms with Crippen molar-refractivity contribution in [2.75, 3.05) is 13.7 Å². The number of nitrogens with zero attached hydrogens (tertiary/aromatic N) is 1. The highest BCUT2D eigenvalue weighted by atomic mass is 32.1. The molecule has 3 rings (SSSR count). The summed E-state index contributed by atoms with van der Waals surface area (Å²) in [5.41, 5.74) is 1.82. The van der Waals surface area contributed by atoms with Gasteiger partial charge in [0.15, 0.2) is 11.5 Å². The molecule has 2 aromatic carbocycles. The van der Waals surface area contributed by atoms with Crippen molar-refractivity contribution in [2.24, 2.45) is 0 Å². The van der Waals surface area contributed by atoms with Crippen LogP contribution in [0.3, 0.4) is 0 Å². The molecule has 3 aromatic rings. The van der Waals surface area contributed by atoms with Crippen LogP contribution in [0.15, 0.2) is 48.5 Å². The summed E-state index contributed by atoms with van der Waals surface area (Å²) in [7, 11) is 1.60. The highest BCUT2D eigenvalue weighted by molar-refractivity contribution is 7.18. The molecule has 0 fully saturated rings. The van der Waals surface area contributed by atoms with Crippen molar-refractivity contribution in [3.8, 4) is 11.5 Å². The van der Waals surface area contributed by atoms with Gasteiger partial charge in [0.25, 0.3) is 0 Å². The Labute approximate surface area is 162 Å². The van der Waals surface area contributed by atoms with Crippen molar-refractivity contribution in [3.63, 3.8) is 0 Å². The van der Waals surface area contributed by atoms with Crippen LogP contribution in [0.25, 0.3) is 16.3 Å². The summed E-state index contributed by atoms with van der Waals surface area (Å²) in [6, 6.07) is 13.5. The minimum Gasteiger partial charge on any atom is -0.493 e. The van der Waals surface area contributed by atoms with Crippen molar-refractivity contribution in [1.82, 2.24) is 10.3 Å². The number of nitrogens with one attached hydrogen (secondary N) is 1. The lowest BCUT2D eigenvalue weighted by atomic mass is 10.2. The van der Waals surface area contributed by atoms with Gasteiger partial charge in [-0.15, -0.1) is 11.3 Å².